The van der Waals surface area contributed by atoms with Gasteiger partial charge in [-0.05, 0) is 18.8 Å². The molecule has 14 heavy (non-hydrogen) atoms. The van der Waals surface area contributed by atoms with Gasteiger partial charge < -0.3 is 10.5 Å². The molecule has 0 aliphatic heterocycles. The van der Waals surface area contributed by atoms with Crippen LogP contribution in [-0.2, 0) is 4.74 Å². The van der Waals surface area contributed by atoms with Gasteiger partial charge in [-0.25, -0.2) is 0 Å². The van der Waals surface area contributed by atoms with E-state index in [0.717, 1.165) is 13.0 Å². The molecule has 86 valence electrons. The Kier molecular flexibility index (Phi) is 9.42. The molecule has 0 fully saturated rings. The molecular weight excluding hydrogens is 174 g/mol. The second-order valence-corrected chi connectivity index (χ2v) is 4.41. The molecule has 0 rings (SSSR count). The molecule has 0 saturated heterocycles. The van der Waals surface area contributed by atoms with Gasteiger partial charge in [0.1, 0.15) is 0 Å². The first-order chi connectivity index (χ1) is 6.70. The maximum absolute atomic E-state index is 6.03. The summed E-state index contributed by atoms with van der Waals surface area (Å²) in [5, 5.41) is 0. The van der Waals surface area contributed by atoms with Gasteiger partial charge in [0.2, 0.25) is 0 Å². The predicted molar refractivity (Wildman–Crippen MR) is 62.4 cm³/mol. The molecule has 0 bridgehead atoms. The molecule has 0 amide bonds. The molecule has 2 unspecified atom stereocenters. The smallest absolute Gasteiger partial charge is 0.0488 e. The Bertz CT molecular complexity index is 117. The number of nitrogens with two attached hydrogens (primary N) is 1. The lowest BCUT2D eigenvalue weighted by molar-refractivity contribution is 0.151. The summed E-state index contributed by atoms with van der Waals surface area (Å²) in [6, 6.07) is 0.372. The van der Waals surface area contributed by atoms with E-state index in [0.29, 0.717) is 12.0 Å². The topological polar surface area (TPSA) is 35.2 Å². The van der Waals surface area contributed by atoms with Crippen LogP contribution in [0.15, 0.2) is 0 Å². The summed E-state index contributed by atoms with van der Waals surface area (Å²) in [5.74, 6) is 0.598. The summed E-state index contributed by atoms with van der Waals surface area (Å²) in [5.41, 5.74) is 6.03. The molecule has 0 aliphatic rings. The minimum absolute atomic E-state index is 0.372. The number of unbranched alkanes of at least 4 members (excludes halogenated alkanes) is 3. The van der Waals surface area contributed by atoms with Crippen molar-refractivity contribution < 1.29 is 4.74 Å². The molecule has 2 nitrogen and oxygen atoms in total. The van der Waals surface area contributed by atoms with Crippen molar-refractivity contribution in [3.8, 4) is 0 Å². The van der Waals surface area contributed by atoms with Crippen molar-refractivity contribution in [2.75, 3.05) is 13.7 Å². The van der Waals surface area contributed by atoms with Crippen molar-refractivity contribution in [3.63, 3.8) is 0 Å². The Morgan fingerprint density at radius 2 is 1.93 bits per heavy atom. The van der Waals surface area contributed by atoms with Crippen LogP contribution in [-0.4, -0.2) is 19.8 Å². The van der Waals surface area contributed by atoms with E-state index < -0.39 is 0 Å². The first kappa shape index (κ1) is 13.9. The Morgan fingerprint density at radius 3 is 2.50 bits per heavy atom. The summed E-state index contributed by atoms with van der Waals surface area (Å²) in [6.07, 6.45) is 7.54. The summed E-state index contributed by atoms with van der Waals surface area (Å²) in [6.45, 7) is 5.28. The van der Waals surface area contributed by atoms with Gasteiger partial charge in [0.15, 0.2) is 0 Å². The molecule has 0 aromatic heterocycles. The Morgan fingerprint density at radius 1 is 1.21 bits per heavy atom. The van der Waals surface area contributed by atoms with E-state index in [2.05, 4.69) is 13.8 Å². The van der Waals surface area contributed by atoms with Crippen molar-refractivity contribution in [3.05, 3.63) is 0 Å². The summed E-state index contributed by atoms with van der Waals surface area (Å²) >= 11 is 0. The normalized spacial score (nSPS) is 15.4. The highest BCUT2D eigenvalue weighted by Gasteiger charge is 2.08. The summed E-state index contributed by atoms with van der Waals surface area (Å²) in [4.78, 5) is 0. The molecule has 0 radical (unpaired) electrons. The molecular formula is C12H27NO. The second-order valence-electron chi connectivity index (χ2n) is 4.41. The number of methoxy groups -OCH3 is 1. The average Bonchev–Trinajstić information content (AvgIpc) is 2.13. The minimum atomic E-state index is 0.372. The summed E-state index contributed by atoms with van der Waals surface area (Å²) < 4.78 is 5.09. The van der Waals surface area contributed by atoms with Crippen LogP contribution in [0.25, 0.3) is 0 Å². The fourth-order valence-corrected chi connectivity index (χ4v) is 1.82. The monoisotopic (exact) mass is 201 g/mol. The van der Waals surface area contributed by atoms with Crippen LogP contribution in [0.1, 0.15) is 52.4 Å². The first-order valence-electron chi connectivity index (χ1n) is 5.95. The fourth-order valence-electron chi connectivity index (χ4n) is 1.82. The van der Waals surface area contributed by atoms with E-state index >= 15 is 0 Å². The van der Waals surface area contributed by atoms with E-state index in [1.807, 2.05) is 0 Å². The number of ether oxygens (including phenoxy) is 1. The van der Waals surface area contributed by atoms with Gasteiger partial charge in [-0.1, -0.05) is 39.5 Å². The molecule has 2 N–H and O–H groups in total. The highest BCUT2D eigenvalue weighted by atomic mass is 16.5. The minimum Gasteiger partial charge on any atom is -0.384 e. The first-order valence-corrected chi connectivity index (χ1v) is 5.95. The van der Waals surface area contributed by atoms with Crippen molar-refractivity contribution in [1.29, 1.82) is 0 Å². The van der Waals surface area contributed by atoms with Crippen LogP contribution in [0.5, 0.6) is 0 Å². The van der Waals surface area contributed by atoms with Crippen molar-refractivity contribution >= 4 is 0 Å². The third-order valence-electron chi connectivity index (χ3n) is 2.58. The van der Waals surface area contributed by atoms with Gasteiger partial charge in [0, 0.05) is 19.8 Å². The Labute approximate surface area is 89.2 Å². The third kappa shape index (κ3) is 8.52. The second kappa shape index (κ2) is 9.47. The molecule has 0 aliphatic carbocycles. The van der Waals surface area contributed by atoms with Crippen molar-refractivity contribution in [1.82, 2.24) is 0 Å². The molecule has 0 heterocycles. The lowest BCUT2D eigenvalue weighted by Gasteiger charge is -2.16. The van der Waals surface area contributed by atoms with E-state index in [1.54, 1.807) is 7.11 Å². The largest absolute Gasteiger partial charge is 0.384 e. The van der Waals surface area contributed by atoms with Crippen LogP contribution in [0.3, 0.4) is 0 Å². The highest BCUT2D eigenvalue weighted by Crippen LogP contribution is 2.11. The van der Waals surface area contributed by atoms with Gasteiger partial charge >= 0.3 is 0 Å². The van der Waals surface area contributed by atoms with E-state index in [1.165, 1.54) is 32.1 Å². The molecule has 2 heteroatoms. The zero-order valence-corrected chi connectivity index (χ0v) is 10.1. The van der Waals surface area contributed by atoms with Gasteiger partial charge in [-0.2, -0.15) is 0 Å². The SMILES string of the molecule is CCCCCCC(N)CC(C)COC. The maximum Gasteiger partial charge on any atom is 0.0488 e. The van der Waals surface area contributed by atoms with Gasteiger partial charge in [-0.3, -0.25) is 0 Å². The highest BCUT2D eigenvalue weighted by molar-refractivity contribution is 4.65. The van der Waals surface area contributed by atoms with Gasteiger partial charge in [0.25, 0.3) is 0 Å². The molecule has 2 atom stereocenters. The van der Waals surface area contributed by atoms with Crippen LogP contribution in [0, 0.1) is 5.92 Å². The van der Waals surface area contributed by atoms with Crippen LogP contribution < -0.4 is 5.73 Å². The standard InChI is InChI=1S/C12H27NO/c1-4-5-6-7-8-12(13)9-11(2)10-14-3/h11-12H,4-10,13H2,1-3H3. The van der Waals surface area contributed by atoms with Crippen LogP contribution >= 0.6 is 0 Å². The Balaban J connectivity index is 3.30. The van der Waals surface area contributed by atoms with Gasteiger partial charge in [-0.15, -0.1) is 0 Å². The van der Waals surface area contributed by atoms with E-state index in [-0.39, 0.29) is 0 Å². The van der Waals surface area contributed by atoms with Crippen molar-refractivity contribution in [2.24, 2.45) is 11.7 Å². The molecule has 0 spiro atoms. The number of rotatable bonds is 9. The maximum atomic E-state index is 6.03. The molecule has 0 saturated carbocycles. The number of hydrogen-bond donors (Lipinski definition) is 1. The number of hydrogen-bond acceptors (Lipinski definition) is 2. The van der Waals surface area contributed by atoms with Crippen LogP contribution in [0.2, 0.25) is 0 Å². The average molecular weight is 201 g/mol. The fraction of sp³-hybridized carbons (Fsp3) is 1.00. The van der Waals surface area contributed by atoms with Crippen molar-refractivity contribution in [2.45, 2.75) is 58.4 Å². The quantitative estimate of drug-likeness (QED) is 0.582. The summed E-state index contributed by atoms with van der Waals surface area (Å²) in [7, 11) is 1.75. The third-order valence-corrected chi connectivity index (χ3v) is 2.58. The lowest BCUT2D eigenvalue weighted by atomic mass is 9.98. The van der Waals surface area contributed by atoms with Gasteiger partial charge in [0.05, 0.1) is 0 Å². The Hall–Kier alpha value is -0.0800. The van der Waals surface area contributed by atoms with E-state index in [9.17, 15) is 0 Å². The molecule has 0 aromatic carbocycles. The lowest BCUT2D eigenvalue weighted by Crippen LogP contribution is -2.24. The molecule has 0 aromatic rings. The zero-order valence-electron chi connectivity index (χ0n) is 10.1. The van der Waals surface area contributed by atoms with E-state index in [4.69, 9.17) is 10.5 Å². The predicted octanol–water partition coefficient (Wildman–Crippen LogP) is 2.96. The zero-order chi connectivity index (χ0) is 10.8. The van der Waals surface area contributed by atoms with Crippen LogP contribution in [0.4, 0.5) is 0 Å².